The molecule has 0 aromatic rings. The van der Waals surface area contributed by atoms with E-state index in [1.165, 1.54) is 0 Å². The first kappa shape index (κ1) is 17.4. The van der Waals surface area contributed by atoms with Gasteiger partial charge < -0.3 is 15.4 Å². The third kappa shape index (κ3) is 4.43. The van der Waals surface area contributed by atoms with Crippen molar-refractivity contribution in [1.29, 1.82) is 0 Å². The summed E-state index contributed by atoms with van der Waals surface area (Å²) >= 11 is 0. The van der Waals surface area contributed by atoms with Gasteiger partial charge in [0.2, 0.25) is 5.91 Å². The number of nitrogens with two attached hydrogens (primary N) is 1. The Kier molecular flexibility index (Phi) is 6.92. The minimum Gasteiger partial charge on any atom is -0.383 e. The monoisotopic (exact) mass is 285 g/mol. The quantitative estimate of drug-likeness (QED) is 0.760. The molecular weight excluding hydrogens is 254 g/mol. The zero-order valence-corrected chi connectivity index (χ0v) is 13.5. The molecular formula is C15H31N3O2. The SMILES string of the molecule is CCCC(C)(N)C(=O)N1CCN(CCOC)C(CC)C1. The summed E-state index contributed by atoms with van der Waals surface area (Å²) in [4.78, 5) is 16.9. The molecule has 1 fully saturated rings. The lowest BCUT2D eigenvalue weighted by Crippen LogP contribution is -2.61. The van der Waals surface area contributed by atoms with E-state index in [1.807, 2.05) is 11.8 Å². The van der Waals surface area contributed by atoms with E-state index in [-0.39, 0.29) is 5.91 Å². The number of nitrogens with zero attached hydrogens (tertiary/aromatic N) is 2. The van der Waals surface area contributed by atoms with E-state index in [0.717, 1.165) is 52.0 Å². The second-order valence-corrected chi connectivity index (χ2v) is 6.01. The van der Waals surface area contributed by atoms with Crippen molar-refractivity contribution in [1.82, 2.24) is 9.80 Å². The molecule has 20 heavy (non-hydrogen) atoms. The molecule has 2 N–H and O–H groups in total. The molecule has 2 atom stereocenters. The third-order valence-corrected chi connectivity index (χ3v) is 4.20. The zero-order valence-electron chi connectivity index (χ0n) is 13.5. The van der Waals surface area contributed by atoms with Crippen molar-refractivity contribution in [2.45, 2.75) is 51.6 Å². The van der Waals surface area contributed by atoms with Crippen LogP contribution in [0, 0.1) is 0 Å². The van der Waals surface area contributed by atoms with Gasteiger partial charge in [-0.3, -0.25) is 9.69 Å². The van der Waals surface area contributed by atoms with Crippen LogP contribution >= 0.6 is 0 Å². The number of piperazine rings is 1. The molecule has 1 amide bonds. The van der Waals surface area contributed by atoms with Gasteiger partial charge in [0.25, 0.3) is 0 Å². The Balaban J connectivity index is 2.61. The number of carbonyl (C=O) groups excluding carboxylic acids is 1. The Morgan fingerprint density at radius 2 is 2.10 bits per heavy atom. The predicted molar refractivity (Wildman–Crippen MR) is 81.6 cm³/mol. The summed E-state index contributed by atoms with van der Waals surface area (Å²) in [6.45, 7) is 10.3. The van der Waals surface area contributed by atoms with Crippen LogP contribution in [0.1, 0.15) is 40.0 Å². The summed E-state index contributed by atoms with van der Waals surface area (Å²) in [5, 5.41) is 0. The molecule has 118 valence electrons. The molecule has 0 spiro atoms. The second-order valence-electron chi connectivity index (χ2n) is 6.01. The maximum Gasteiger partial charge on any atom is 0.242 e. The molecule has 0 bridgehead atoms. The summed E-state index contributed by atoms with van der Waals surface area (Å²) < 4.78 is 5.16. The van der Waals surface area contributed by atoms with Crippen molar-refractivity contribution in [2.75, 3.05) is 39.9 Å². The number of hydrogen-bond donors (Lipinski definition) is 1. The fourth-order valence-corrected chi connectivity index (χ4v) is 2.96. The van der Waals surface area contributed by atoms with E-state index in [4.69, 9.17) is 10.5 Å². The first-order valence-electron chi connectivity index (χ1n) is 7.77. The van der Waals surface area contributed by atoms with Gasteiger partial charge in [0, 0.05) is 39.3 Å². The molecule has 5 heteroatoms. The molecule has 0 aromatic heterocycles. The number of hydrogen-bond acceptors (Lipinski definition) is 4. The molecule has 1 aliphatic heterocycles. The molecule has 1 aliphatic rings. The molecule has 5 nitrogen and oxygen atoms in total. The van der Waals surface area contributed by atoms with Crippen LogP contribution in [0.2, 0.25) is 0 Å². The van der Waals surface area contributed by atoms with E-state index in [9.17, 15) is 4.79 Å². The summed E-state index contributed by atoms with van der Waals surface area (Å²) in [5.74, 6) is 0.101. The Morgan fingerprint density at radius 3 is 2.65 bits per heavy atom. The Labute approximate surface area is 123 Å². The maximum absolute atomic E-state index is 12.5. The average Bonchev–Trinajstić information content (AvgIpc) is 2.44. The normalized spacial score (nSPS) is 23.6. The lowest BCUT2D eigenvalue weighted by atomic mass is 9.94. The van der Waals surface area contributed by atoms with Crippen LogP contribution in [0.5, 0.6) is 0 Å². The van der Waals surface area contributed by atoms with Crippen molar-refractivity contribution in [2.24, 2.45) is 5.73 Å². The predicted octanol–water partition coefficient (Wildman–Crippen LogP) is 1.07. The van der Waals surface area contributed by atoms with Gasteiger partial charge in [0.15, 0.2) is 0 Å². The molecule has 2 unspecified atom stereocenters. The standard InChI is InChI=1S/C15H31N3O2/c1-5-7-15(3,16)14(19)18-9-8-17(10-11-20-4)13(6-2)12-18/h13H,5-12,16H2,1-4H3. The van der Waals surface area contributed by atoms with Crippen LogP contribution in [0.4, 0.5) is 0 Å². The number of carbonyl (C=O) groups is 1. The number of methoxy groups -OCH3 is 1. The van der Waals surface area contributed by atoms with Crippen LogP contribution in [-0.4, -0.2) is 67.2 Å². The molecule has 0 aromatic carbocycles. The van der Waals surface area contributed by atoms with Crippen LogP contribution in [0.25, 0.3) is 0 Å². The first-order chi connectivity index (χ1) is 9.46. The Morgan fingerprint density at radius 1 is 1.40 bits per heavy atom. The molecule has 0 aliphatic carbocycles. The smallest absolute Gasteiger partial charge is 0.242 e. The van der Waals surface area contributed by atoms with Gasteiger partial charge in [-0.05, 0) is 19.8 Å². The topological polar surface area (TPSA) is 58.8 Å². The van der Waals surface area contributed by atoms with Gasteiger partial charge in [-0.1, -0.05) is 20.3 Å². The highest BCUT2D eigenvalue weighted by Crippen LogP contribution is 2.18. The van der Waals surface area contributed by atoms with E-state index in [1.54, 1.807) is 7.11 Å². The van der Waals surface area contributed by atoms with Crippen molar-refractivity contribution in [3.8, 4) is 0 Å². The van der Waals surface area contributed by atoms with E-state index < -0.39 is 5.54 Å². The van der Waals surface area contributed by atoms with E-state index in [2.05, 4.69) is 18.7 Å². The largest absolute Gasteiger partial charge is 0.383 e. The Hall–Kier alpha value is -0.650. The van der Waals surface area contributed by atoms with Gasteiger partial charge in [0.1, 0.15) is 0 Å². The summed E-state index contributed by atoms with van der Waals surface area (Å²) in [6.07, 6.45) is 2.72. The highest BCUT2D eigenvalue weighted by atomic mass is 16.5. The van der Waals surface area contributed by atoms with E-state index in [0.29, 0.717) is 6.04 Å². The maximum atomic E-state index is 12.5. The number of amides is 1. The number of ether oxygens (including phenoxy) is 1. The average molecular weight is 285 g/mol. The minimum absolute atomic E-state index is 0.101. The molecule has 1 heterocycles. The van der Waals surface area contributed by atoms with Crippen LogP contribution < -0.4 is 5.73 Å². The molecule has 0 radical (unpaired) electrons. The highest BCUT2D eigenvalue weighted by molar-refractivity contribution is 5.85. The fourth-order valence-electron chi connectivity index (χ4n) is 2.96. The first-order valence-corrected chi connectivity index (χ1v) is 7.77. The lowest BCUT2D eigenvalue weighted by Gasteiger charge is -2.43. The lowest BCUT2D eigenvalue weighted by molar-refractivity contribution is -0.140. The zero-order chi connectivity index (χ0) is 15.2. The van der Waals surface area contributed by atoms with Gasteiger partial charge in [0.05, 0.1) is 12.1 Å². The molecule has 0 saturated carbocycles. The summed E-state index contributed by atoms with van der Waals surface area (Å²) in [7, 11) is 1.73. The van der Waals surface area contributed by atoms with Crippen molar-refractivity contribution < 1.29 is 9.53 Å². The van der Waals surface area contributed by atoms with Crippen LogP contribution in [-0.2, 0) is 9.53 Å². The van der Waals surface area contributed by atoms with Gasteiger partial charge in [-0.2, -0.15) is 0 Å². The fraction of sp³-hybridized carbons (Fsp3) is 0.933. The van der Waals surface area contributed by atoms with Crippen LogP contribution in [0.3, 0.4) is 0 Å². The van der Waals surface area contributed by atoms with Gasteiger partial charge >= 0.3 is 0 Å². The minimum atomic E-state index is -0.720. The van der Waals surface area contributed by atoms with E-state index >= 15 is 0 Å². The molecule has 1 saturated heterocycles. The third-order valence-electron chi connectivity index (χ3n) is 4.20. The second kappa shape index (κ2) is 7.96. The van der Waals surface area contributed by atoms with Gasteiger partial charge in [-0.15, -0.1) is 0 Å². The Bertz CT molecular complexity index is 307. The summed E-state index contributed by atoms with van der Waals surface area (Å²) in [6, 6.07) is 0.417. The van der Waals surface area contributed by atoms with Crippen molar-refractivity contribution >= 4 is 5.91 Å². The van der Waals surface area contributed by atoms with Crippen molar-refractivity contribution in [3.05, 3.63) is 0 Å². The molecule has 1 rings (SSSR count). The van der Waals surface area contributed by atoms with Crippen LogP contribution in [0.15, 0.2) is 0 Å². The highest BCUT2D eigenvalue weighted by Gasteiger charge is 2.35. The van der Waals surface area contributed by atoms with Gasteiger partial charge in [-0.25, -0.2) is 0 Å². The summed E-state index contributed by atoms with van der Waals surface area (Å²) in [5.41, 5.74) is 5.46. The van der Waals surface area contributed by atoms with Crippen molar-refractivity contribution in [3.63, 3.8) is 0 Å². The number of rotatable bonds is 7.